The highest BCUT2D eigenvalue weighted by atomic mass is 16.5. The van der Waals surface area contributed by atoms with Crippen LogP contribution < -0.4 is 5.32 Å². The van der Waals surface area contributed by atoms with Crippen LogP contribution in [0, 0.1) is 0 Å². The number of aliphatic hydroxyl groups is 2. The van der Waals surface area contributed by atoms with Crippen LogP contribution in [0.25, 0.3) is 0 Å². The molecular weight excluding hydrogens is 622 g/mol. The lowest BCUT2D eigenvalue weighted by atomic mass is 10.1. The first-order valence-corrected chi connectivity index (χ1v) is 21.3. The number of amides is 1. The van der Waals surface area contributed by atoms with Crippen molar-refractivity contribution in [1.29, 1.82) is 0 Å². The number of hydrogen-bond acceptors (Lipinski definition) is 5. The number of carbonyl (C=O) groups is 2. The molecule has 0 spiro atoms. The van der Waals surface area contributed by atoms with Crippen LogP contribution in [0.2, 0.25) is 0 Å². The second-order valence-electron chi connectivity index (χ2n) is 14.3. The molecule has 0 aliphatic heterocycles. The van der Waals surface area contributed by atoms with E-state index in [1.165, 1.54) is 103 Å². The van der Waals surface area contributed by atoms with Gasteiger partial charge in [-0.05, 0) is 83.5 Å². The second kappa shape index (κ2) is 39.9. The van der Waals surface area contributed by atoms with Gasteiger partial charge in [-0.25, -0.2) is 0 Å². The van der Waals surface area contributed by atoms with E-state index in [1.807, 2.05) is 6.08 Å². The first-order chi connectivity index (χ1) is 24.5. The van der Waals surface area contributed by atoms with Gasteiger partial charge in [0.25, 0.3) is 0 Å². The Kier molecular flexibility index (Phi) is 38.3. The van der Waals surface area contributed by atoms with Gasteiger partial charge >= 0.3 is 5.97 Å². The minimum atomic E-state index is -0.864. The lowest BCUT2D eigenvalue weighted by Gasteiger charge is -2.20. The van der Waals surface area contributed by atoms with Gasteiger partial charge in [0, 0.05) is 12.8 Å². The predicted molar refractivity (Wildman–Crippen MR) is 213 cm³/mol. The van der Waals surface area contributed by atoms with Gasteiger partial charge in [-0.15, -0.1) is 0 Å². The van der Waals surface area contributed by atoms with E-state index in [2.05, 4.69) is 43.5 Å². The quantitative estimate of drug-likeness (QED) is 0.0338. The predicted octanol–water partition coefficient (Wildman–Crippen LogP) is 11.8. The molecule has 0 radical (unpaired) electrons. The summed E-state index contributed by atoms with van der Waals surface area (Å²) < 4.78 is 5.40. The van der Waals surface area contributed by atoms with Gasteiger partial charge in [0.15, 0.2) is 0 Å². The van der Waals surface area contributed by atoms with Crippen LogP contribution in [0.15, 0.2) is 36.5 Å². The van der Waals surface area contributed by atoms with Crippen LogP contribution in [0.3, 0.4) is 0 Å². The molecule has 0 aromatic carbocycles. The molecule has 0 bridgehead atoms. The number of rotatable bonds is 38. The Morgan fingerprint density at radius 1 is 0.540 bits per heavy atom. The number of allylic oxidation sites excluding steroid dienone is 5. The largest absolute Gasteiger partial charge is 0.466 e. The van der Waals surface area contributed by atoms with Crippen molar-refractivity contribution in [2.45, 2.75) is 219 Å². The lowest BCUT2D eigenvalue weighted by molar-refractivity contribution is -0.143. The van der Waals surface area contributed by atoms with E-state index in [0.717, 1.165) is 77.0 Å². The highest BCUT2D eigenvalue weighted by Gasteiger charge is 2.17. The van der Waals surface area contributed by atoms with Crippen molar-refractivity contribution >= 4 is 11.9 Å². The number of ether oxygens (including phenoxy) is 1. The minimum Gasteiger partial charge on any atom is -0.466 e. The van der Waals surface area contributed by atoms with E-state index in [1.54, 1.807) is 6.08 Å². The molecule has 6 nitrogen and oxygen atoms in total. The van der Waals surface area contributed by atoms with E-state index in [4.69, 9.17) is 4.74 Å². The summed E-state index contributed by atoms with van der Waals surface area (Å²) in [6.45, 7) is 4.74. The Labute approximate surface area is 309 Å². The number of esters is 1. The van der Waals surface area contributed by atoms with Gasteiger partial charge in [0.05, 0.1) is 25.4 Å². The van der Waals surface area contributed by atoms with Gasteiger partial charge in [0.2, 0.25) is 5.91 Å². The topological polar surface area (TPSA) is 95.9 Å². The highest BCUT2D eigenvalue weighted by Crippen LogP contribution is 2.12. The van der Waals surface area contributed by atoms with E-state index < -0.39 is 12.1 Å². The fourth-order valence-electron chi connectivity index (χ4n) is 6.03. The van der Waals surface area contributed by atoms with Crippen LogP contribution in [0.1, 0.15) is 206 Å². The van der Waals surface area contributed by atoms with E-state index in [0.29, 0.717) is 19.4 Å². The molecule has 0 aromatic heterocycles. The number of carbonyl (C=O) groups excluding carboxylic acids is 2. The van der Waals surface area contributed by atoms with Gasteiger partial charge in [0.1, 0.15) is 0 Å². The summed E-state index contributed by atoms with van der Waals surface area (Å²) in [6, 6.07) is -0.651. The Balaban J connectivity index is 3.60. The van der Waals surface area contributed by atoms with Crippen LogP contribution >= 0.6 is 0 Å². The zero-order chi connectivity index (χ0) is 36.6. The molecule has 0 fully saturated rings. The van der Waals surface area contributed by atoms with Crippen molar-refractivity contribution in [2.24, 2.45) is 0 Å². The van der Waals surface area contributed by atoms with E-state index in [-0.39, 0.29) is 18.5 Å². The second-order valence-corrected chi connectivity index (χ2v) is 14.3. The molecule has 0 aliphatic carbocycles. The van der Waals surface area contributed by atoms with Crippen molar-refractivity contribution < 1.29 is 24.5 Å². The van der Waals surface area contributed by atoms with Crippen molar-refractivity contribution in [3.8, 4) is 0 Å². The van der Waals surface area contributed by atoms with Gasteiger partial charge < -0.3 is 20.3 Å². The zero-order valence-corrected chi connectivity index (χ0v) is 32.9. The molecule has 50 heavy (non-hydrogen) atoms. The molecule has 0 saturated carbocycles. The van der Waals surface area contributed by atoms with E-state index in [9.17, 15) is 19.8 Å². The average Bonchev–Trinajstić information content (AvgIpc) is 3.11. The van der Waals surface area contributed by atoms with Crippen molar-refractivity contribution in [1.82, 2.24) is 5.32 Å². The fraction of sp³-hybridized carbons (Fsp3) is 0.818. The third-order valence-electron chi connectivity index (χ3n) is 9.38. The highest BCUT2D eigenvalue weighted by molar-refractivity contribution is 5.76. The number of unbranched alkanes of at least 4 members (excludes halogenated alkanes) is 23. The summed E-state index contributed by atoms with van der Waals surface area (Å²) in [4.78, 5) is 24.3. The summed E-state index contributed by atoms with van der Waals surface area (Å²) in [5, 5.41) is 22.9. The van der Waals surface area contributed by atoms with Crippen LogP contribution in [-0.4, -0.2) is 47.4 Å². The Morgan fingerprint density at radius 3 is 1.46 bits per heavy atom. The maximum absolute atomic E-state index is 12.3. The molecule has 0 aliphatic rings. The smallest absolute Gasteiger partial charge is 0.305 e. The molecule has 3 N–H and O–H groups in total. The van der Waals surface area contributed by atoms with Gasteiger partial charge in [-0.3, -0.25) is 9.59 Å². The number of hydrogen-bond donors (Lipinski definition) is 3. The molecule has 292 valence electrons. The van der Waals surface area contributed by atoms with E-state index >= 15 is 0 Å². The summed E-state index contributed by atoms with van der Waals surface area (Å²) in [7, 11) is 0. The number of nitrogens with one attached hydrogen (secondary N) is 1. The molecule has 6 heteroatoms. The van der Waals surface area contributed by atoms with Crippen molar-refractivity contribution in [2.75, 3.05) is 13.2 Å². The van der Waals surface area contributed by atoms with Crippen LogP contribution in [0.4, 0.5) is 0 Å². The van der Waals surface area contributed by atoms with Crippen LogP contribution in [0.5, 0.6) is 0 Å². The third-order valence-corrected chi connectivity index (χ3v) is 9.38. The maximum atomic E-state index is 12.3. The molecule has 1 amide bonds. The summed E-state index contributed by atoms with van der Waals surface area (Å²) >= 11 is 0. The molecule has 0 saturated heterocycles. The first kappa shape index (κ1) is 48.1. The van der Waals surface area contributed by atoms with Crippen LogP contribution in [-0.2, 0) is 14.3 Å². The molecule has 0 rings (SSSR count). The van der Waals surface area contributed by atoms with Crippen molar-refractivity contribution in [3.05, 3.63) is 36.5 Å². The fourth-order valence-corrected chi connectivity index (χ4v) is 6.03. The van der Waals surface area contributed by atoms with Gasteiger partial charge in [-0.2, -0.15) is 0 Å². The minimum absolute atomic E-state index is 0.0502. The normalized spacial score (nSPS) is 13.1. The zero-order valence-electron chi connectivity index (χ0n) is 32.9. The van der Waals surface area contributed by atoms with Gasteiger partial charge in [-0.1, -0.05) is 147 Å². The lowest BCUT2D eigenvalue weighted by Crippen LogP contribution is -2.45. The Bertz CT molecular complexity index is 823. The third kappa shape index (κ3) is 35.9. The molecule has 0 aromatic rings. The molecule has 2 unspecified atom stereocenters. The average molecular weight is 704 g/mol. The Morgan fingerprint density at radius 2 is 0.940 bits per heavy atom. The first-order valence-electron chi connectivity index (χ1n) is 21.3. The molecule has 2 atom stereocenters. The number of aliphatic hydroxyl groups excluding tert-OH is 2. The Hall–Kier alpha value is -1.92. The molecule has 0 heterocycles. The summed E-state index contributed by atoms with van der Waals surface area (Å²) in [6.07, 6.45) is 45.5. The molecular formula is C44H81NO5. The standard InChI is InChI=1S/C44H81NO5/c1-3-5-7-9-11-13-15-17-22-26-30-34-38-44(49)50-39-35-31-27-23-19-18-21-25-29-33-37-43(48)45-41(40-46)42(47)36-32-28-24-20-16-14-12-10-8-6-4-2/h11,13,19,23,32,36,41-42,46-47H,3-10,12,14-18,20-22,24-31,33-35,37-40H2,1-2H3,(H,45,48)/b13-11-,23-19-,36-32+. The SMILES string of the molecule is CCCCC/C=C\CCCCCCCC(=O)OCCCC/C=C\CCCCCCC(=O)NC(CO)C(O)/C=C/CCCCCCCCCCC. The summed E-state index contributed by atoms with van der Waals surface area (Å²) in [5.41, 5.74) is 0. The summed E-state index contributed by atoms with van der Waals surface area (Å²) in [5.74, 6) is -0.158. The maximum Gasteiger partial charge on any atom is 0.305 e. The monoisotopic (exact) mass is 704 g/mol. The van der Waals surface area contributed by atoms with Crippen molar-refractivity contribution in [3.63, 3.8) is 0 Å².